The maximum Gasteiger partial charge on any atom is 0.153 e. The van der Waals surface area contributed by atoms with Gasteiger partial charge in [0, 0.05) is 18.9 Å². The quantitative estimate of drug-likeness (QED) is 0.403. The zero-order valence-corrected chi connectivity index (χ0v) is 16.7. The number of unbranched alkanes of at least 4 members (excludes halogenated alkanes) is 2. The van der Waals surface area contributed by atoms with Crippen LogP contribution in [-0.4, -0.2) is 26.7 Å². The highest BCUT2D eigenvalue weighted by Gasteiger charge is 2.04. The van der Waals surface area contributed by atoms with Crippen LogP contribution in [0, 0.1) is 16.0 Å². The molecule has 0 aliphatic carbocycles. The van der Waals surface area contributed by atoms with E-state index in [2.05, 4.69) is 20.9 Å². The van der Waals surface area contributed by atoms with Gasteiger partial charge in [-0.1, -0.05) is 36.0 Å². The number of nitrogens with zero attached hydrogens (tertiary/aromatic N) is 5. The van der Waals surface area contributed by atoms with Crippen molar-refractivity contribution in [2.45, 2.75) is 38.8 Å². The Labute approximate surface area is 170 Å². The molecule has 0 radical (unpaired) electrons. The third-order valence-electron chi connectivity index (χ3n) is 4.52. The first-order chi connectivity index (χ1) is 13.7. The van der Waals surface area contributed by atoms with Crippen molar-refractivity contribution < 1.29 is 4.74 Å². The molecule has 0 atom stereocenters. The van der Waals surface area contributed by atoms with Gasteiger partial charge in [0.2, 0.25) is 0 Å². The van der Waals surface area contributed by atoms with Crippen molar-refractivity contribution in [3.05, 3.63) is 70.3 Å². The van der Waals surface area contributed by atoms with Gasteiger partial charge in [0.15, 0.2) is 5.75 Å². The fourth-order valence-electron chi connectivity index (χ4n) is 3.07. The molecule has 0 bridgehead atoms. The Morgan fingerprint density at radius 2 is 2.07 bits per heavy atom. The molecule has 1 aromatic carbocycles. The summed E-state index contributed by atoms with van der Waals surface area (Å²) in [6.07, 6.45) is 8.09. The van der Waals surface area contributed by atoms with Crippen molar-refractivity contribution in [3.63, 3.8) is 0 Å². The number of pyridine rings is 1. The summed E-state index contributed by atoms with van der Waals surface area (Å²) in [4.78, 5) is 0. The second kappa shape index (κ2) is 9.81. The lowest BCUT2D eigenvalue weighted by molar-refractivity contribution is 0.405. The van der Waals surface area contributed by atoms with Crippen LogP contribution in [0.4, 0.5) is 0 Å². The van der Waals surface area contributed by atoms with Gasteiger partial charge in [-0.15, -0.1) is 5.10 Å². The van der Waals surface area contributed by atoms with E-state index in [0.29, 0.717) is 12.1 Å². The highest BCUT2D eigenvalue weighted by atomic mass is 32.1. The van der Waals surface area contributed by atoms with E-state index in [1.807, 2.05) is 47.4 Å². The first kappa shape index (κ1) is 19.8. The smallest absolute Gasteiger partial charge is 0.153 e. The van der Waals surface area contributed by atoms with Crippen LogP contribution in [-0.2, 0) is 19.5 Å². The van der Waals surface area contributed by atoms with Crippen LogP contribution < -0.4 is 4.74 Å². The molecule has 0 saturated carbocycles. The van der Waals surface area contributed by atoms with E-state index in [1.165, 1.54) is 0 Å². The first-order valence-corrected chi connectivity index (χ1v) is 9.72. The number of aromatic nitrogens is 4. The number of nitriles is 1. The Kier molecular flexibility index (Phi) is 6.93. The average Bonchev–Trinajstić information content (AvgIpc) is 3.16. The van der Waals surface area contributed by atoms with Gasteiger partial charge in [0.25, 0.3) is 0 Å². The third kappa shape index (κ3) is 5.27. The molecule has 144 valence electrons. The minimum atomic E-state index is 0.622. The summed E-state index contributed by atoms with van der Waals surface area (Å²) >= 11 is 5.42. The van der Waals surface area contributed by atoms with Gasteiger partial charge in [-0.2, -0.15) is 5.26 Å². The third-order valence-corrected chi connectivity index (χ3v) is 4.96. The van der Waals surface area contributed by atoms with Gasteiger partial charge in [-0.05, 0) is 49.1 Å². The molecule has 0 N–H and O–H groups in total. The van der Waals surface area contributed by atoms with Gasteiger partial charge in [-0.25, -0.2) is 4.68 Å². The number of hydrogen-bond acceptors (Lipinski definition) is 5. The Hall–Kier alpha value is -2.98. The highest BCUT2D eigenvalue weighted by Crippen LogP contribution is 2.13. The highest BCUT2D eigenvalue weighted by molar-refractivity contribution is 7.71. The maximum absolute atomic E-state index is 8.99. The van der Waals surface area contributed by atoms with Crippen molar-refractivity contribution in [2.75, 3.05) is 7.11 Å². The normalized spacial score (nSPS) is 10.6. The number of ether oxygens (including phenoxy) is 1. The molecule has 7 heteroatoms. The predicted molar refractivity (Wildman–Crippen MR) is 110 cm³/mol. The van der Waals surface area contributed by atoms with Gasteiger partial charge < -0.3 is 9.30 Å². The van der Waals surface area contributed by atoms with Gasteiger partial charge >= 0.3 is 0 Å². The van der Waals surface area contributed by atoms with Gasteiger partial charge in [0.05, 0.1) is 31.0 Å². The zero-order valence-electron chi connectivity index (χ0n) is 15.9. The van der Waals surface area contributed by atoms with E-state index in [0.717, 1.165) is 53.9 Å². The molecule has 0 amide bonds. The van der Waals surface area contributed by atoms with Crippen LogP contribution in [0.1, 0.15) is 36.1 Å². The fraction of sp³-hybridized carbons (Fsp3) is 0.333. The van der Waals surface area contributed by atoms with Crippen molar-refractivity contribution in [2.24, 2.45) is 0 Å². The molecule has 0 unspecified atom stereocenters. The van der Waals surface area contributed by atoms with Crippen LogP contribution in [0.15, 0.2) is 48.8 Å². The van der Waals surface area contributed by atoms with E-state index >= 15 is 0 Å². The summed E-state index contributed by atoms with van der Waals surface area (Å²) in [6.45, 7) is 1.51. The summed E-state index contributed by atoms with van der Waals surface area (Å²) < 4.78 is 9.89. The lowest BCUT2D eigenvalue weighted by Gasteiger charge is -2.09. The number of methoxy groups -OCH3 is 1. The first-order valence-electron chi connectivity index (χ1n) is 9.31. The monoisotopic (exact) mass is 393 g/mol. The van der Waals surface area contributed by atoms with Gasteiger partial charge in [-0.3, -0.25) is 0 Å². The lowest BCUT2D eigenvalue weighted by Crippen LogP contribution is -2.01. The molecule has 0 aliphatic heterocycles. The number of benzene rings is 1. The van der Waals surface area contributed by atoms with E-state index < -0.39 is 0 Å². The molecule has 0 fully saturated rings. The van der Waals surface area contributed by atoms with Crippen molar-refractivity contribution >= 4 is 12.2 Å². The molecule has 2 aromatic heterocycles. The van der Waals surface area contributed by atoms with E-state index in [-0.39, 0.29) is 0 Å². The Bertz CT molecular complexity index is 1020. The number of aryl methyl sites for hydroxylation is 2. The summed E-state index contributed by atoms with van der Waals surface area (Å²) in [5.74, 6) is 0.745. The number of rotatable bonds is 9. The van der Waals surface area contributed by atoms with E-state index in [9.17, 15) is 0 Å². The number of hydrogen-bond donors (Lipinski definition) is 0. The zero-order chi connectivity index (χ0) is 19.8. The standard InChI is InChI=1S/C21H23N5OS/c1-27-20-10-6-12-25(21(20)28)11-4-2-3-9-19-16-26(24-23-19)15-18-8-5-7-17(13-18)14-22/h5-8,10,12-13,16H,2-4,9,11,15H2,1H3. The molecule has 0 aliphatic rings. The molecule has 3 aromatic rings. The van der Waals surface area contributed by atoms with E-state index in [1.54, 1.807) is 13.2 Å². The lowest BCUT2D eigenvalue weighted by atomic mass is 10.1. The summed E-state index contributed by atoms with van der Waals surface area (Å²) in [6, 6.07) is 13.6. The second-order valence-corrected chi connectivity index (χ2v) is 6.99. The largest absolute Gasteiger partial charge is 0.494 e. The van der Waals surface area contributed by atoms with Crippen LogP contribution in [0.5, 0.6) is 5.75 Å². The minimum absolute atomic E-state index is 0.622. The van der Waals surface area contributed by atoms with Crippen molar-refractivity contribution in [1.29, 1.82) is 5.26 Å². The van der Waals surface area contributed by atoms with Crippen LogP contribution in [0.25, 0.3) is 0 Å². The summed E-state index contributed by atoms with van der Waals surface area (Å²) in [5, 5.41) is 17.4. The average molecular weight is 394 g/mol. The molecular weight excluding hydrogens is 370 g/mol. The molecule has 0 saturated heterocycles. The minimum Gasteiger partial charge on any atom is -0.494 e. The van der Waals surface area contributed by atoms with Crippen molar-refractivity contribution in [3.8, 4) is 11.8 Å². The van der Waals surface area contributed by atoms with Gasteiger partial charge in [0.1, 0.15) is 4.64 Å². The Balaban J connectivity index is 1.44. The van der Waals surface area contributed by atoms with Crippen molar-refractivity contribution in [1.82, 2.24) is 19.6 Å². The molecule has 3 rings (SSSR count). The molecule has 2 heterocycles. The Morgan fingerprint density at radius 3 is 2.89 bits per heavy atom. The van der Waals surface area contributed by atoms with E-state index in [4.69, 9.17) is 22.2 Å². The van der Waals surface area contributed by atoms with Crippen LogP contribution in [0.3, 0.4) is 0 Å². The molecule has 6 nitrogen and oxygen atoms in total. The SMILES string of the molecule is COc1cccn(CCCCCc2cn(Cc3cccc(C#N)c3)nn2)c1=S. The second-order valence-electron chi connectivity index (χ2n) is 6.61. The predicted octanol–water partition coefficient (Wildman–Crippen LogP) is 4.15. The molecule has 0 spiro atoms. The Morgan fingerprint density at radius 1 is 1.18 bits per heavy atom. The topological polar surface area (TPSA) is 68.7 Å². The van der Waals surface area contributed by atoms with Crippen LogP contribution >= 0.6 is 12.2 Å². The van der Waals surface area contributed by atoms with Crippen LogP contribution in [0.2, 0.25) is 0 Å². The maximum atomic E-state index is 8.99. The summed E-state index contributed by atoms with van der Waals surface area (Å²) in [5.41, 5.74) is 2.70. The molecule has 28 heavy (non-hydrogen) atoms. The summed E-state index contributed by atoms with van der Waals surface area (Å²) in [7, 11) is 1.64. The molecular formula is C21H23N5OS. The fourth-order valence-corrected chi connectivity index (χ4v) is 3.37.